The van der Waals surface area contributed by atoms with E-state index in [1.807, 2.05) is 0 Å². The maximum atomic E-state index is 13.1. The Morgan fingerprint density at radius 1 is 1.33 bits per heavy atom. The van der Waals surface area contributed by atoms with Crippen LogP contribution < -0.4 is 14.8 Å². The van der Waals surface area contributed by atoms with Crippen molar-refractivity contribution in [2.75, 3.05) is 5.32 Å². The molecule has 3 N–H and O–H groups in total. The average Bonchev–Trinajstić information content (AvgIpc) is 3.04. The number of aromatic carboxylic acids is 1. The molecule has 0 unspecified atom stereocenters. The van der Waals surface area contributed by atoms with E-state index in [1.165, 1.54) is 18.2 Å². The maximum Gasteiger partial charge on any atom is 0.586 e. The number of carbonyl (C=O) groups is 2. The molecular weight excluding hydrogens is 328 g/mol. The Morgan fingerprint density at radius 3 is 2.83 bits per heavy atom. The molecule has 1 aromatic carbocycles. The van der Waals surface area contributed by atoms with E-state index in [0.29, 0.717) is 5.56 Å². The van der Waals surface area contributed by atoms with Crippen molar-refractivity contribution in [2.24, 2.45) is 0 Å². The first-order valence-electron chi connectivity index (χ1n) is 6.85. The quantitative estimate of drug-likeness (QED) is 0.771. The SMILES string of the molecule is O=C1C[C@@H](c2ccc3c(c2)OC(F)(F)O3)c2c(n[nH]c2C(=O)O)N1. The van der Waals surface area contributed by atoms with Gasteiger partial charge in [-0.2, -0.15) is 5.10 Å². The lowest BCUT2D eigenvalue weighted by Gasteiger charge is -2.22. The zero-order chi connectivity index (χ0) is 17.1. The van der Waals surface area contributed by atoms with E-state index in [-0.39, 0.29) is 40.9 Å². The van der Waals surface area contributed by atoms with E-state index in [4.69, 9.17) is 0 Å². The van der Waals surface area contributed by atoms with E-state index in [2.05, 4.69) is 25.0 Å². The number of nitrogens with one attached hydrogen (secondary N) is 2. The van der Waals surface area contributed by atoms with Gasteiger partial charge < -0.3 is 19.9 Å². The lowest BCUT2D eigenvalue weighted by molar-refractivity contribution is -0.286. The van der Waals surface area contributed by atoms with Gasteiger partial charge in [-0.3, -0.25) is 9.89 Å². The highest BCUT2D eigenvalue weighted by Crippen LogP contribution is 2.45. The van der Waals surface area contributed by atoms with Crippen molar-refractivity contribution in [1.29, 1.82) is 0 Å². The molecule has 10 heteroatoms. The van der Waals surface area contributed by atoms with Crippen LogP contribution in [0, 0.1) is 0 Å². The second kappa shape index (κ2) is 4.66. The largest absolute Gasteiger partial charge is 0.586 e. The summed E-state index contributed by atoms with van der Waals surface area (Å²) < 4.78 is 35.0. The normalized spacial score (nSPS) is 20.4. The molecule has 124 valence electrons. The molecule has 8 nitrogen and oxygen atoms in total. The van der Waals surface area contributed by atoms with Crippen LogP contribution in [-0.4, -0.2) is 33.5 Å². The number of fused-ring (bicyclic) bond motifs is 2. The van der Waals surface area contributed by atoms with Gasteiger partial charge in [-0.1, -0.05) is 6.07 Å². The van der Waals surface area contributed by atoms with E-state index in [1.54, 1.807) is 0 Å². The van der Waals surface area contributed by atoms with Gasteiger partial charge in [-0.15, -0.1) is 8.78 Å². The van der Waals surface area contributed by atoms with Crippen LogP contribution in [0.3, 0.4) is 0 Å². The molecule has 24 heavy (non-hydrogen) atoms. The van der Waals surface area contributed by atoms with Gasteiger partial charge in [0.1, 0.15) is 5.69 Å². The molecule has 0 fully saturated rings. The Morgan fingerprint density at radius 2 is 2.08 bits per heavy atom. The highest BCUT2D eigenvalue weighted by molar-refractivity contribution is 5.98. The van der Waals surface area contributed by atoms with Gasteiger partial charge in [0.2, 0.25) is 5.91 Å². The third-order valence-electron chi connectivity index (χ3n) is 3.84. The molecule has 4 rings (SSSR count). The Kier molecular flexibility index (Phi) is 2.80. The first-order chi connectivity index (χ1) is 11.3. The Balaban J connectivity index is 1.80. The predicted octanol–water partition coefficient (Wildman–Crippen LogP) is 1.90. The van der Waals surface area contributed by atoms with Crippen molar-refractivity contribution >= 4 is 17.7 Å². The molecule has 0 bridgehead atoms. The molecule has 1 atom stereocenters. The summed E-state index contributed by atoms with van der Waals surface area (Å²) >= 11 is 0. The molecule has 3 heterocycles. The van der Waals surface area contributed by atoms with Gasteiger partial charge in [0.15, 0.2) is 17.3 Å². The van der Waals surface area contributed by atoms with E-state index >= 15 is 0 Å². The molecule has 2 aliphatic rings. The number of hydrogen-bond acceptors (Lipinski definition) is 5. The first kappa shape index (κ1) is 14.4. The number of halogens is 2. The van der Waals surface area contributed by atoms with Crippen molar-refractivity contribution in [3.8, 4) is 11.5 Å². The second-order valence-corrected chi connectivity index (χ2v) is 5.34. The average molecular weight is 337 g/mol. The van der Waals surface area contributed by atoms with Crippen LogP contribution in [-0.2, 0) is 4.79 Å². The number of anilines is 1. The van der Waals surface area contributed by atoms with Gasteiger partial charge in [0.05, 0.1) is 0 Å². The summed E-state index contributed by atoms with van der Waals surface area (Å²) in [5, 5.41) is 17.9. The summed E-state index contributed by atoms with van der Waals surface area (Å²) in [4.78, 5) is 23.2. The minimum atomic E-state index is -3.75. The van der Waals surface area contributed by atoms with Crippen LogP contribution in [0.5, 0.6) is 11.5 Å². The molecule has 0 saturated carbocycles. The molecular formula is C14H9F2N3O5. The fourth-order valence-electron chi connectivity index (χ4n) is 2.89. The molecule has 2 aromatic rings. The number of carboxylic acids is 1. The number of aromatic amines is 1. The van der Waals surface area contributed by atoms with Gasteiger partial charge in [0.25, 0.3) is 0 Å². The monoisotopic (exact) mass is 337 g/mol. The molecule has 2 aliphatic heterocycles. The standard InChI is InChI=1S/C14H9F2N3O5/c15-14(16)23-7-2-1-5(3-8(7)24-14)6-4-9(20)17-12-10(6)11(13(21)22)18-19-12/h1-3,6H,4H2,(H,21,22)(H2,17,18,19,20)/t6-/m0/s1. The van der Waals surface area contributed by atoms with Crippen molar-refractivity contribution in [3.05, 3.63) is 35.0 Å². The fraction of sp³-hybridized carbons (Fsp3) is 0.214. The van der Waals surface area contributed by atoms with Crippen molar-refractivity contribution < 1.29 is 33.0 Å². The number of alkyl halides is 2. The third-order valence-corrected chi connectivity index (χ3v) is 3.84. The summed E-state index contributed by atoms with van der Waals surface area (Å²) in [6.45, 7) is 0. The Hall–Kier alpha value is -3.17. The molecule has 0 radical (unpaired) electrons. The van der Waals surface area contributed by atoms with E-state index in [0.717, 1.165) is 0 Å². The lowest BCUT2D eigenvalue weighted by atomic mass is 9.85. The molecule has 0 saturated heterocycles. The second-order valence-electron chi connectivity index (χ2n) is 5.34. The molecule has 1 aromatic heterocycles. The van der Waals surface area contributed by atoms with Crippen LogP contribution in [0.15, 0.2) is 18.2 Å². The van der Waals surface area contributed by atoms with E-state index < -0.39 is 18.2 Å². The molecule has 0 spiro atoms. The highest BCUT2D eigenvalue weighted by atomic mass is 19.3. The number of hydrogen-bond donors (Lipinski definition) is 3. The Labute approximate surface area is 132 Å². The third kappa shape index (κ3) is 2.14. The van der Waals surface area contributed by atoms with Gasteiger partial charge in [-0.05, 0) is 17.7 Å². The minimum Gasteiger partial charge on any atom is -0.477 e. The number of aromatic nitrogens is 2. The molecule has 0 aliphatic carbocycles. The van der Waals surface area contributed by atoms with Crippen LogP contribution in [0.4, 0.5) is 14.6 Å². The van der Waals surface area contributed by atoms with Gasteiger partial charge in [-0.25, -0.2) is 4.79 Å². The van der Waals surface area contributed by atoms with Crippen molar-refractivity contribution in [3.63, 3.8) is 0 Å². The topological polar surface area (TPSA) is 114 Å². The fourth-order valence-corrected chi connectivity index (χ4v) is 2.89. The van der Waals surface area contributed by atoms with Gasteiger partial charge >= 0.3 is 12.3 Å². The number of benzene rings is 1. The van der Waals surface area contributed by atoms with Crippen LogP contribution in [0.25, 0.3) is 0 Å². The summed E-state index contributed by atoms with van der Waals surface area (Å²) in [5.74, 6) is -2.46. The van der Waals surface area contributed by atoms with Crippen LogP contribution in [0.2, 0.25) is 0 Å². The summed E-state index contributed by atoms with van der Waals surface area (Å²) in [5.41, 5.74) is 0.556. The lowest BCUT2D eigenvalue weighted by Crippen LogP contribution is -2.26. The number of nitrogens with zero attached hydrogens (tertiary/aromatic N) is 1. The predicted molar refractivity (Wildman–Crippen MR) is 73.3 cm³/mol. The smallest absolute Gasteiger partial charge is 0.477 e. The van der Waals surface area contributed by atoms with E-state index in [9.17, 15) is 23.5 Å². The Bertz CT molecular complexity index is 879. The van der Waals surface area contributed by atoms with Crippen molar-refractivity contribution in [1.82, 2.24) is 10.2 Å². The number of ether oxygens (including phenoxy) is 2. The number of amides is 1. The number of rotatable bonds is 2. The van der Waals surface area contributed by atoms with Crippen LogP contribution >= 0.6 is 0 Å². The maximum absolute atomic E-state index is 13.1. The number of H-pyrrole nitrogens is 1. The van der Waals surface area contributed by atoms with Gasteiger partial charge in [0, 0.05) is 17.9 Å². The molecule has 1 amide bonds. The summed E-state index contributed by atoms with van der Waals surface area (Å²) in [6, 6.07) is 4.08. The zero-order valence-corrected chi connectivity index (χ0v) is 11.8. The highest BCUT2D eigenvalue weighted by Gasteiger charge is 2.44. The van der Waals surface area contributed by atoms with Crippen molar-refractivity contribution in [2.45, 2.75) is 18.6 Å². The zero-order valence-electron chi connectivity index (χ0n) is 11.8. The van der Waals surface area contributed by atoms with Crippen LogP contribution in [0.1, 0.15) is 34.0 Å². The summed E-state index contributed by atoms with van der Waals surface area (Å²) in [7, 11) is 0. The number of carboxylic acid groups (broad SMARTS) is 1. The first-order valence-corrected chi connectivity index (χ1v) is 6.85. The summed E-state index contributed by atoms with van der Waals surface area (Å²) in [6.07, 6.45) is -3.80. The number of carbonyl (C=O) groups excluding carboxylic acids is 1. The minimum absolute atomic E-state index is 0.0527.